The van der Waals surface area contributed by atoms with Gasteiger partial charge >= 0.3 is 5.97 Å². The van der Waals surface area contributed by atoms with Crippen LogP contribution in [0.3, 0.4) is 0 Å². The molecule has 0 spiro atoms. The number of aryl methyl sites for hydroxylation is 1. The van der Waals surface area contributed by atoms with Crippen LogP contribution in [0.15, 0.2) is 4.52 Å². The summed E-state index contributed by atoms with van der Waals surface area (Å²) in [6.45, 7) is 0. The fraction of sp³-hybridized carbons (Fsp3) is 0.667. The second kappa shape index (κ2) is 5.21. The molecule has 1 heterocycles. The van der Waals surface area contributed by atoms with Gasteiger partial charge in [-0.25, -0.2) is 0 Å². The van der Waals surface area contributed by atoms with E-state index in [9.17, 15) is 4.79 Å². The maximum Gasteiger partial charge on any atom is 0.303 e. The minimum atomic E-state index is -0.818. The summed E-state index contributed by atoms with van der Waals surface area (Å²) in [7, 11) is 0. The standard InChI is InChI=1S/C12H18N2O3/c13-12-11(8-4-2-1-3-5-8)9(14-17-12)6-7-10(15)16/h8H,1-7,13H2,(H,15,16). The molecule has 1 aliphatic carbocycles. The first kappa shape index (κ1) is 12.0. The van der Waals surface area contributed by atoms with Gasteiger partial charge < -0.3 is 15.4 Å². The highest BCUT2D eigenvalue weighted by molar-refractivity contribution is 5.67. The number of anilines is 1. The van der Waals surface area contributed by atoms with Gasteiger partial charge in [-0.05, 0) is 18.8 Å². The molecule has 5 nitrogen and oxygen atoms in total. The Morgan fingerprint density at radius 2 is 2.12 bits per heavy atom. The molecule has 0 bridgehead atoms. The van der Waals surface area contributed by atoms with E-state index >= 15 is 0 Å². The summed E-state index contributed by atoms with van der Waals surface area (Å²) in [5.41, 5.74) is 7.50. The largest absolute Gasteiger partial charge is 0.481 e. The molecule has 5 heteroatoms. The van der Waals surface area contributed by atoms with Crippen LogP contribution >= 0.6 is 0 Å². The van der Waals surface area contributed by atoms with Gasteiger partial charge in [0.2, 0.25) is 5.88 Å². The molecule has 2 rings (SSSR count). The number of nitrogen functional groups attached to an aromatic ring is 1. The molecule has 17 heavy (non-hydrogen) atoms. The monoisotopic (exact) mass is 238 g/mol. The Morgan fingerprint density at radius 3 is 2.76 bits per heavy atom. The molecule has 1 saturated carbocycles. The van der Waals surface area contributed by atoms with Crippen molar-refractivity contribution in [1.82, 2.24) is 5.16 Å². The van der Waals surface area contributed by atoms with E-state index in [1.807, 2.05) is 0 Å². The fourth-order valence-electron chi connectivity index (χ4n) is 2.58. The van der Waals surface area contributed by atoms with Crippen LogP contribution in [-0.4, -0.2) is 16.2 Å². The third-order valence-electron chi connectivity index (χ3n) is 3.42. The molecule has 0 saturated heterocycles. The van der Waals surface area contributed by atoms with Gasteiger partial charge in [0.15, 0.2) is 0 Å². The highest BCUT2D eigenvalue weighted by atomic mass is 16.5. The third-order valence-corrected chi connectivity index (χ3v) is 3.42. The Bertz CT molecular complexity index is 394. The SMILES string of the molecule is Nc1onc(CCC(=O)O)c1C1CCCCC1. The Labute approximate surface area is 100.0 Å². The Kier molecular flexibility index (Phi) is 3.66. The summed E-state index contributed by atoms with van der Waals surface area (Å²) < 4.78 is 5.02. The second-order valence-electron chi connectivity index (χ2n) is 4.64. The topological polar surface area (TPSA) is 89.4 Å². The maximum absolute atomic E-state index is 10.6. The quantitative estimate of drug-likeness (QED) is 0.840. The minimum Gasteiger partial charge on any atom is -0.481 e. The Hall–Kier alpha value is -1.52. The molecule has 0 aromatic carbocycles. The van der Waals surface area contributed by atoms with Crippen molar-refractivity contribution in [3.63, 3.8) is 0 Å². The lowest BCUT2D eigenvalue weighted by Gasteiger charge is -2.21. The maximum atomic E-state index is 10.6. The number of carbonyl (C=O) groups is 1. The van der Waals surface area contributed by atoms with E-state index < -0.39 is 5.97 Å². The zero-order valence-corrected chi connectivity index (χ0v) is 9.82. The van der Waals surface area contributed by atoms with E-state index in [1.54, 1.807) is 0 Å². The molecular formula is C12H18N2O3. The zero-order chi connectivity index (χ0) is 12.3. The number of rotatable bonds is 4. The summed E-state index contributed by atoms with van der Waals surface area (Å²) in [5, 5.41) is 12.6. The highest BCUT2D eigenvalue weighted by Crippen LogP contribution is 2.37. The van der Waals surface area contributed by atoms with Crippen LogP contribution in [0.2, 0.25) is 0 Å². The first-order valence-electron chi connectivity index (χ1n) is 6.14. The van der Waals surface area contributed by atoms with Gasteiger partial charge in [-0.2, -0.15) is 0 Å². The van der Waals surface area contributed by atoms with E-state index in [4.69, 9.17) is 15.4 Å². The zero-order valence-electron chi connectivity index (χ0n) is 9.82. The number of aliphatic carboxylic acids is 1. The highest BCUT2D eigenvalue weighted by Gasteiger charge is 2.24. The van der Waals surface area contributed by atoms with E-state index in [1.165, 1.54) is 19.3 Å². The molecule has 0 aliphatic heterocycles. The van der Waals surface area contributed by atoms with Crippen LogP contribution in [0.1, 0.15) is 55.7 Å². The van der Waals surface area contributed by atoms with Crippen molar-refractivity contribution in [2.75, 3.05) is 5.73 Å². The number of hydrogen-bond donors (Lipinski definition) is 2. The van der Waals surface area contributed by atoms with E-state index in [0.717, 1.165) is 24.1 Å². The number of carboxylic acids is 1. The summed E-state index contributed by atoms with van der Waals surface area (Å²) >= 11 is 0. The van der Waals surface area contributed by atoms with E-state index in [2.05, 4.69) is 5.16 Å². The normalized spacial score (nSPS) is 17.2. The fourth-order valence-corrected chi connectivity index (χ4v) is 2.58. The van der Waals surface area contributed by atoms with Crippen molar-refractivity contribution in [2.45, 2.75) is 50.9 Å². The Balaban J connectivity index is 2.13. The molecule has 1 aromatic heterocycles. The lowest BCUT2D eigenvalue weighted by Crippen LogP contribution is -2.09. The molecule has 0 atom stereocenters. The number of aromatic nitrogens is 1. The van der Waals surface area contributed by atoms with Crippen molar-refractivity contribution in [2.24, 2.45) is 0 Å². The summed E-state index contributed by atoms with van der Waals surface area (Å²) in [6.07, 6.45) is 6.36. The predicted octanol–water partition coefficient (Wildman–Crippen LogP) is 2.32. The van der Waals surface area contributed by atoms with E-state index in [0.29, 0.717) is 18.2 Å². The minimum absolute atomic E-state index is 0.0751. The average Bonchev–Trinajstić information content (AvgIpc) is 2.69. The molecule has 1 aromatic rings. The van der Waals surface area contributed by atoms with Gasteiger partial charge in [0.1, 0.15) is 0 Å². The van der Waals surface area contributed by atoms with Crippen LogP contribution in [0.4, 0.5) is 5.88 Å². The van der Waals surface area contributed by atoms with Crippen LogP contribution < -0.4 is 5.73 Å². The van der Waals surface area contributed by atoms with Gasteiger partial charge in [-0.15, -0.1) is 0 Å². The molecule has 94 valence electrons. The third kappa shape index (κ3) is 2.78. The smallest absolute Gasteiger partial charge is 0.303 e. The van der Waals surface area contributed by atoms with Crippen molar-refractivity contribution < 1.29 is 14.4 Å². The number of nitrogens with zero attached hydrogens (tertiary/aromatic N) is 1. The average molecular weight is 238 g/mol. The van der Waals surface area contributed by atoms with Crippen LogP contribution in [-0.2, 0) is 11.2 Å². The molecule has 1 aliphatic rings. The van der Waals surface area contributed by atoms with Gasteiger partial charge in [-0.3, -0.25) is 4.79 Å². The van der Waals surface area contributed by atoms with Crippen molar-refractivity contribution >= 4 is 11.9 Å². The van der Waals surface area contributed by atoms with Gasteiger partial charge in [0.25, 0.3) is 0 Å². The lowest BCUT2D eigenvalue weighted by molar-refractivity contribution is -0.136. The number of carboxylic acid groups (broad SMARTS) is 1. The summed E-state index contributed by atoms with van der Waals surface area (Å²) in [4.78, 5) is 10.6. The first-order chi connectivity index (χ1) is 8.18. The van der Waals surface area contributed by atoms with Crippen LogP contribution in [0, 0.1) is 0 Å². The Morgan fingerprint density at radius 1 is 1.41 bits per heavy atom. The molecule has 3 N–H and O–H groups in total. The van der Waals surface area contributed by atoms with Gasteiger partial charge in [0, 0.05) is 12.0 Å². The van der Waals surface area contributed by atoms with Crippen molar-refractivity contribution in [3.8, 4) is 0 Å². The van der Waals surface area contributed by atoms with Crippen LogP contribution in [0.25, 0.3) is 0 Å². The molecular weight excluding hydrogens is 220 g/mol. The van der Waals surface area contributed by atoms with Crippen molar-refractivity contribution in [1.29, 1.82) is 0 Å². The summed E-state index contributed by atoms with van der Waals surface area (Å²) in [6, 6.07) is 0. The molecule has 0 radical (unpaired) electrons. The lowest BCUT2D eigenvalue weighted by atomic mass is 9.83. The van der Waals surface area contributed by atoms with Crippen molar-refractivity contribution in [3.05, 3.63) is 11.3 Å². The first-order valence-corrected chi connectivity index (χ1v) is 6.14. The number of nitrogens with two attached hydrogens (primary N) is 1. The van der Waals surface area contributed by atoms with Crippen LogP contribution in [0.5, 0.6) is 0 Å². The number of hydrogen-bond acceptors (Lipinski definition) is 4. The molecule has 0 unspecified atom stereocenters. The molecule has 1 fully saturated rings. The predicted molar refractivity (Wildman–Crippen MR) is 62.7 cm³/mol. The second-order valence-corrected chi connectivity index (χ2v) is 4.64. The molecule has 0 amide bonds. The van der Waals surface area contributed by atoms with Gasteiger partial charge in [-0.1, -0.05) is 24.4 Å². The summed E-state index contributed by atoms with van der Waals surface area (Å²) in [5.74, 6) is -0.0442. The van der Waals surface area contributed by atoms with E-state index in [-0.39, 0.29) is 6.42 Å². The van der Waals surface area contributed by atoms with Gasteiger partial charge in [0.05, 0.1) is 12.1 Å².